The Morgan fingerprint density at radius 3 is 2.62 bits per heavy atom. The monoisotopic (exact) mass is 385 g/mol. The smallest absolute Gasteiger partial charge is 0.256 e. The van der Waals surface area contributed by atoms with Crippen LogP contribution in [0.15, 0.2) is 18.2 Å². The minimum absolute atomic E-state index is 0.0410. The third-order valence-corrected chi connectivity index (χ3v) is 5.26. The van der Waals surface area contributed by atoms with E-state index in [1.165, 1.54) is 18.6 Å². The van der Waals surface area contributed by atoms with Crippen LogP contribution in [0.5, 0.6) is 0 Å². The molecule has 2 heterocycles. The summed E-state index contributed by atoms with van der Waals surface area (Å²) in [5, 5.41) is 0. The average molecular weight is 385 g/mol. The lowest BCUT2D eigenvalue weighted by Crippen LogP contribution is -2.51. The van der Waals surface area contributed by atoms with Crippen LogP contribution in [0.4, 0.5) is 10.1 Å². The molecule has 1 N–H and O–H groups in total. The molecular formula is C17H24FN3O4S. The van der Waals surface area contributed by atoms with Crippen LogP contribution in [-0.2, 0) is 15.6 Å². The summed E-state index contributed by atoms with van der Waals surface area (Å²) in [6, 6.07) is 3.73. The first kappa shape index (κ1) is 19.1. The van der Waals surface area contributed by atoms with Crippen molar-refractivity contribution in [2.75, 3.05) is 44.1 Å². The van der Waals surface area contributed by atoms with Gasteiger partial charge >= 0.3 is 0 Å². The SMILES string of the molecule is O=C(c1ccc(N[SH](=O)=O)cc1F)N1CCN(CC2CCCCO2)CC1. The third-order valence-electron chi connectivity index (χ3n) is 4.82. The number of thiol groups is 1. The fourth-order valence-electron chi connectivity index (χ4n) is 3.41. The van der Waals surface area contributed by atoms with Crippen LogP contribution < -0.4 is 4.72 Å². The molecule has 7 nitrogen and oxygen atoms in total. The minimum atomic E-state index is -2.87. The molecule has 3 rings (SSSR count). The van der Waals surface area contributed by atoms with Gasteiger partial charge in [0.25, 0.3) is 5.91 Å². The molecule has 0 spiro atoms. The first-order valence-corrected chi connectivity index (χ1v) is 10.0. The second kappa shape index (κ2) is 8.79. The molecule has 0 aliphatic carbocycles. The van der Waals surface area contributed by atoms with Crippen LogP contribution in [0.2, 0.25) is 0 Å². The molecule has 2 saturated heterocycles. The van der Waals surface area contributed by atoms with Crippen LogP contribution in [0.1, 0.15) is 29.6 Å². The van der Waals surface area contributed by atoms with Crippen molar-refractivity contribution in [2.24, 2.45) is 0 Å². The number of piperazine rings is 1. The van der Waals surface area contributed by atoms with Gasteiger partial charge in [-0.25, -0.2) is 12.8 Å². The highest BCUT2D eigenvalue weighted by Crippen LogP contribution is 2.18. The quantitative estimate of drug-likeness (QED) is 0.742. The molecule has 1 aromatic rings. The summed E-state index contributed by atoms with van der Waals surface area (Å²) in [6.45, 7) is 4.26. The Balaban J connectivity index is 1.54. The summed E-state index contributed by atoms with van der Waals surface area (Å²) < 4.78 is 43.3. The molecule has 1 unspecified atom stereocenters. The van der Waals surface area contributed by atoms with Crippen molar-refractivity contribution in [1.82, 2.24) is 9.80 Å². The maximum absolute atomic E-state index is 14.2. The van der Waals surface area contributed by atoms with Crippen LogP contribution in [0, 0.1) is 5.82 Å². The molecule has 9 heteroatoms. The van der Waals surface area contributed by atoms with E-state index in [4.69, 9.17) is 4.74 Å². The number of rotatable bonds is 5. The van der Waals surface area contributed by atoms with Crippen LogP contribution in [0.25, 0.3) is 0 Å². The number of hydrogen-bond acceptors (Lipinski definition) is 5. The number of nitrogens with zero attached hydrogens (tertiary/aromatic N) is 2. The summed E-state index contributed by atoms with van der Waals surface area (Å²) in [5.74, 6) is -1.09. The number of halogens is 1. The maximum atomic E-state index is 14.2. The average Bonchev–Trinajstić information content (AvgIpc) is 2.62. The van der Waals surface area contributed by atoms with Crippen molar-refractivity contribution in [1.29, 1.82) is 0 Å². The van der Waals surface area contributed by atoms with E-state index in [-0.39, 0.29) is 23.3 Å². The maximum Gasteiger partial charge on any atom is 0.256 e. The lowest BCUT2D eigenvalue weighted by Gasteiger charge is -2.37. The Kier molecular flexibility index (Phi) is 6.44. The van der Waals surface area contributed by atoms with E-state index in [1.54, 1.807) is 4.90 Å². The van der Waals surface area contributed by atoms with E-state index in [9.17, 15) is 17.6 Å². The van der Waals surface area contributed by atoms with Gasteiger partial charge in [-0.1, -0.05) is 0 Å². The van der Waals surface area contributed by atoms with Gasteiger partial charge in [-0.2, -0.15) is 0 Å². The Morgan fingerprint density at radius 2 is 2.00 bits per heavy atom. The first-order valence-electron chi connectivity index (χ1n) is 8.87. The number of carbonyl (C=O) groups is 1. The van der Waals surface area contributed by atoms with Gasteiger partial charge < -0.3 is 9.64 Å². The van der Waals surface area contributed by atoms with Gasteiger partial charge in [0, 0.05) is 39.3 Å². The third kappa shape index (κ3) is 4.93. The van der Waals surface area contributed by atoms with E-state index < -0.39 is 16.7 Å². The number of ether oxygens (including phenoxy) is 1. The molecule has 1 amide bonds. The van der Waals surface area contributed by atoms with E-state index in [2.05, 4.69) is 9.62 Å². The summed E-state index contributed by atoms with van der Waals surface area (Å²) in [4.78, 5) is 16.5. The fraction of sp³-hybridized carbons (Fsp3) is 0.588. The van der Waals surface area contributed by atoms with E-state index in [0.717, 1.165) is 45.1 Å². The number of amides is 1. The molecule has 2 aliphatic rings. The zero-order valence-electron chi connectivity index (χ0n) is 14.5. The normalized spacial score (nSPS) is 21.8. The fourth-order valence-corrected chi connectivity index (χ4v) is 3.76. The second-order valence-electron chi connectivity index (χ2n) is 6.64. The number of anilines is 1. The summed E-state index contributed by atoms with van der Waals surface area (Å²) in [6.07, 6.45) is 3.69. The van der Waals surface area contributed by atoms with Crippen LogP contribution in [0.3, 0.4) is 0 Å². The van der Waals surface area contributed by atoms with Crippen molar-refractivity contribution < 1.29 is 22.3 Å². The number of carbonyl (C=O) groups excluding carboxylic acids is 1. The predicted octanol–water partition coefficient (Wildman–Crippen LogP) is 1.09. The Hall–Kier alpha value is -1.71. The van der Waals surface area contributed by atoms with Gasteiger partial charge in [-0.05, 0) is 37.5 Å². The predicted molar refractivity (Wildman–Crippen MR) is 96.3 cm³/mol. The zero-order chi connectivity index (χ0) is 18.5. The van der Waals surface area contributed by atoms with Crippen molar-refractivity contribution in [3.05, 3.63) is 29.6 Å². The van der Waals surface area contributed by atoms with Gasteiger partial charge in [0.15, 0.2) is 0 Å². The molecule has 144 valence electrons. The molecule has 2 fully saturated rings. The minimum Gasteiger partial charge on any atom is -0.377 e. The highest BCUT2D eigenvalue weighted by molar-refractivity contribution is 7.73. The standard InChI is InChI=1S/C17H24FN3O4S/c18-16-11-13(19-26(23)24)4-5-15(16)17(22)21-8-6-20(7-9-21)12-14-3-1-2-10-25-14/h4-5,11,14,26H,1-3,6-10,12H2,(H,19,23,24). The highest BCUT2D eigenvalue weighted by Gasteiger charge is 2.26. The molecule has 0 aromatic heterocycles. The Labute approximate surface area is 154 Å². The van der Waals surface area contributed by atoms with Gasteiger partial charge in [0.05, 0.1) is 17.4 Å². The second-order valence-corrected chi connectivity index (χ2v) is 7.38. The first-order chi connectivity index (χ1) is 12.5. The number of hydrogen-bond donors (Lipinski definition) is 2. The van der Waals surface area contributed by atoms with Gasteiger partial charge in [0.1, 0.15) is 5.82 Å². The van der Waals surface area contributed by atoms with Gasteiger partial charge in [-0.15, -0.1) is 0 Å². The Bertz CT molecular complexity index is 706. The topological polar surface area (TPSA) is 79.0 Å². The van der Waals surface area contributed by atoms with Gasteiger partial charge in [-0.3, -0.25) is 14.4 Å². The lowest BCUT2D eigenvalue weighted by atomic mass is 10.1. The molecule has 0 radical (unpaired) electrons. The molecular weight excluding hydrogens is 361 g/mol. The summed E-state index contributed by atoms with van der Waals surface area (Å²) in [7, 11) is -2.87. The lowest BCUT2D eigenvalue weighted by molar-refractivity contribution is -0.0130. The van der Waals surface area contributed by atoms with E-state index >= 15 is 0 Å². The molecule has 0 bridgehead atoms. The number of benzene rings is 1. The van der Waals surface area contributed by atoms with Crippen molar-refractivity contribution in [2.45, 2.75) is 25.4 Å². The molecule has 26 heavy (non-hydrogen) atoms. The Morgan fingerprint density at radius 1 is 1.23 bits per heavy atom. The van der Waals surface area contributed by atoms with Crippen molar-refractivity contribution >= 4 is 22.5 Å². The largest absolute Gasteiger partial charge is 0.377 e. The highest BCUT2D eigenvalue weighted by atomic mass is 32.2. The zero-order valence-corrected chi connectivity index (χ0v) is 15.4. The van der Waals surface area contributed by atoms with Crippen LogP contribution in [-0.4, -0.2) is 69.6 Å². The summed E-state index contributed by atoms with van der Waals surface area (Å²) >= 11 is 0. The number of nitrogens with one attached hydrogen (secondary N) is 1. The van der Waals surface area contributed by atoms with E-state index in [0.29, 0.717) is 13.1 Å². The van der Waals surface area contributed by atoms with Gasteiger partial charge in [0.2, 0.25) is 10.9 Å². The van der Waals surface area contributed by atoms with Crippen molar-refractivity contribution in [3.8, 4) is 0 Å². The van der Waals surface area contributed by atoms with Crippen molar-refractivity contribution in [3.63, 3.8) is 0 Å². The van der Waals surface area contributed by atoms with Crippen LogP contribution >= 0.6 is 0 Å². The molecule has 2 aliphatic heterocycles. The summed E-state index contributed by atoms with van der Waals surface area (Å²) in [5.41, 5.74) is 0.0631. The molecule has 1 atom stereocenters. The van der Waals surface area contributed by atoms with E-state index in [1.807, 2.05) is 0 Å². The molecule has 0 saturated carbocycles. The molecule has 1 aromatic carbocycles.